The molecule has 0 unspecified atom stereocenters. The average Bonchev–Trinajstić information content (AvgIpc) is 3.23. The van der Waals surface area contributed by atoms with Crippen molar-refractivity contribution in [2.45, 2.75) is 0 Å². The van der Waals surface area contributed by atoms with Gasteiger partial charge in [0.05, 0.1) is 28.1 Å². The summed E-state index contributed by atoms with van der Waals surface area (Å²) in [5.74, 6) is -0.161. The fraction of sp³-hybridized carbons (Fsp3) is 0. The SMILES string of the molecule is O=C(Nc1ccc2[nH]ncc2c1)c1ccc(-n2cc(Br)cn2)cc1. The number of nitrogens with zero attached hydrogens (tertiary/aromatic N) is 3. The molecular formula is C17H12BrN5O. The van der Waals surface area contributed by atoms with Crippen molar-refractivity contribution in [3.8, 4) is 5.69 Å². The van der Waals surface area contributed by atoms with E-state index in [9.17, 15) is 4.79 Å². The number of benzene rings is 2. The molecule has 4 aromatic rings. The van der Waals surface area contributed by atoms with Crippen LogP contribution in [0.4, 0.5) is 5.69 Å². The van der Waals surface area contributed by atoms with Crippen LogP contribution in [0.2, 0.25) is 0 Å². The number of rotatable bonds is 3. The van der Waals surface area contributed by atoms with E-state index < -0.39 is 0 Å². The maximum absolute atomic E-state index is 12.4. The van der Waals surface area contributed by atoms with Crippen molar-refractivity contribution in [1.29, 1.82) is 0 Å². The minimum atomic E-state index is -0.161. The average molecular weight is 382 g/mol. The van der Waals surface area contributed by atoms with E-state index >= 15 is 0 Å². The quantitative estimate of drug-likeness (QED) is 0.567. The van der Waals surface area contributed by atoms with E-state index in [-0.39, 0.29) is 5.91 Å². The Kier molecular flexibility index (Phi) is 3.62. The number of nitrogens with one attached hydrogen (secondary N) is 2. The van der Waals surface area contributed by atoms with E-state index in [0.29, 0.717) is 5.56 Å². The fourth-order valence-electron chi connectivity index (χ4n) is 2.43. The van der Waals surface area contributed by atoms with Crippen LogP contribution in [0.3, 0.4) is 0 Å². The Labute approximate surface area is 145 Å². The summed E-state index contributed by atoms with van der Waals surface area (Å²) in [6, 6.07) is 12.9. The van der Waals surface area contributed by atoms with Crippen LogP contribution in [-0.2, 0) is 0 Å². The first-order valence-corrected chi connectivity index (χ1v) is 8.03. The van der Waals surface area contributed by atoms with Crippen molar-refractivity contribution in [3.05, 3.63) is 71.1 Å². The first-order chi connectivity index (χ1) is 11.7. The predicted molar refractivity (Wildman–Crippen MR) is 95.3 cm³/mol. The van der Waals surface area contributed by atoms with E-state index in [1.165, 1.54) is 0 Å². The number of hydrogen-bond acceptors (Lipinski definition) is 3. The molecule has 7 heteroatoms. The van der Waals surface area contributed by atoms with Crippen LogP contribution in [0.15, 0.2) is 65.5 Å². The zero-order valence-electron chi connectivity index (χ0n) is 12.4. The second-order valence-corrected chi connectivity index (χ2v) is 6.19. The summed E-state index contributed by atoms with van der Waals surface area (Å²) >= 11 is 3.36. The van der Waals surface area contributed by atoms with Crippen molar-refractivity contribution in [2.24, 2.45) is 0 Å². The molecule has 2 heterocycles. The molecule has 0 aliphatic rings. The lowest BCUT2D eigenvalue weighted by molar-refractivity contribution is 0.102. The van der Waals surface area contributed by atoms with Crippen molar-refractivity contribution >= 4 is 38.4 Å². The van der Waals surface area contributed by atoms with Crippen molar-refractivity contribution in [2.75, 3.05) is 5.32 Å². The lowest BCUT2D eigenvalue weighted by Crippen LogP contribution is -2.11. The van der Waals surface area contributed by atoms with E-state index in [1.54, 1.807) is 29.2 Å². The molecule has 2 N–H and O–H groups in total. The lowest BCUT2D eigenvalue weighted by Gasteiger charge is -2.07. The highest BCUT2D eigenvalue weighted by atomic mass is 79.9. The highest BCUT2D eigenvalue weighted by Crippen LogP contribution is 2.18. The lowest BCUT2D eigenvalue weighted by atomic mass is 10.2. The molecule has 6 nitrogen and oxygen atoms in total. The number of carbonyl (C=O) groups is 1. The number of fused-ring (bicyclic) bond motifs is 1. The van der Waals surface area contributed by atoms with Gasteiger partial charge in [-0.05, 0) is 58.4 Å². The molecular weight excluding hydrogens is 370 g/mol. The van der Waals surface area contributed by atoms with Gasteiger partial charge in [0.1, 0.15) is 0 Å². The highest BCUT2D eigenvalue weighted by molar-refractivity contribution is 9.10. The molecule has 4 rings (SSSR count). The third kappa shape index (κ3) is 2.81. The summed E-state index contributed by atoms with van der Waals surface area (Å²) in [7, 11) is 0. The van der Waals surface area contributed by atoms with Gasteiger partial charge in [0.2, 0.25) is 0 Å². The number of anilines is 1. The molecule has 1 amide bonds. The van der Waals surface area contributed by atoms with E-state index in [2.05, 4.69) is 36.5 Å². The van der Waals surface area contributed by atoms with Crippen molar-refractivity contribution < 1.29 is 4.79 Å². The third-order valence-electron chi connectivity index (χ3n) is 3.64. The molecule has 24 heavy (non-hydrogen) atoms. The van der Waals surface area contributed by atoms with Crippen LogP contribution < -0.4 is 5.32 Å². The topological polar surface area (TPSA) is 75.6 Å². The van der Waals surface area contributed by atoms with Crippen LogP contribution in [0.5, 0.6) is 0 Å². The molecule has 2 aromatic heterocycles. The normalized spacial score (nSPS) is 10.9. The van der Waals surface area contributed by atoms with Gasteiger partial charge in [0, 0.05) is 22.8 Å². The Morgan fingerprint density at radius 3 is 2.71 bits per heavy atom. The maximum atomic E-state index is 12.4. The van der Waals surface area contributed by atoms with Gasteiger partial charge in [0.15, 0.2) is 0 Å². The molecule has 0 bridgehead atoms. The standard InChI is InChI=1S/C17H12BrN5O/c18-13-9-20-23(10-13)15-4-1-11(2-5-15)17(24)21-14-3-6-16-12(7-14)8-19-22-16/h1-10H,(H,19,22)(H,21,24). The summed E-state index contributed by atoms with van der Waals surface area (Å²) in [4.78, 5) is 12.4. The zero-order chi connectivity index (χ0) is 16.5. The van der Waals surface area contributed by atoms with Crippen LogP contribution in [0.1, 0.15) is 10.4 Å². The van der Waals surface area contributed by atoms with Gasteiger partial charge in [-0.1, -0.05) is 0 Å². The van der Waals surface area contributed by atoms with Gasteiger partial charge in [-0.3, -0.25) is 9.89 Å². The largest absolute Gasteiger partial charge is 0.322 e. The number of H-pyrrole nitrogens is 1. The summed E-state index contributed by atoms with van der Waals surface area (Å²) in [5, 5.41) is 14.9. The van der Waals surface area contributed by atoms with Crippen LogP contribution in [-0.4, -0.2) is 25.9 Å². The van der Waals surface area contributed by atoms with Crippen LogP contribution in [0.25, 0.3) is 16.6 Å². The summed E-state index contributed by atoms with van der Waals surface area (Å²) in [6.45, 7) is 0. The van der Waals surface area contributed by atoms with Gasteiger partial charge < -0.3 is 5.32 Å². The molecule has 0 saturated carbocycles. The van der Waals surface area contributed by atoms with Crippen molar-refractivity contribution in [1.82, 2.24) is 20.0 Å². The van der Waals surface area contributed by atoms with Gasteiger partial charge >= 0.3 is 0 Å². The molecule has 118 valence electrons. The summed E-state index contributed by atoms with van der Waals surface area (Å²) in [6.07, 6.45) is 5.30. The number of hydrogen-bond donors (Lipinski definition) is 2. The van der Waals surface area contributed by atoms with Crippen LogP contribution >= 0.6 is 15.9 Å². The highest BCUT2D eigenvalue weighted by Gasteiger charge is 2.08. The predicted octanol–water partition coefficient (Wildman–Crippen LogP) is 3.76. The number of halogens is 1. The first kappa shape index (κ1) is 14.6. The Hall–Kier alpha value is -2.93. The smallest absolute Gasteiger partial charge is 0.255 e. The zero-order valence-corrected chi connectivity index (χ0v) is 14.0. The molecule has 0 atom stereocenters. The van der Waals surface area contributed by atoms with Gasteiger partial charge in [-0.15, -0.1) is 0 Å². The van der Waals surface area contributed by atoms with E-state index in [1.807, 2.05) is 36.5 Å². The number of aromatic amines is 1. The molecule has 0 aliphatic heterocycles. The number of aromatic nitrogens is 4. The number of amides is 1. The maximum Gasteiger partial charge on any atom is 0.255 e. The Morgan fingerprint density at radius 1 is 1.12 bits per heavy atom. The first-order valence-electron chi connectivity index (χ1n) is 7.24. The third-order valence-corrected chi connectivity index (χ3v) is 4.05. The van der Waals surface area contributed by atoms with Crippen molar-refractivity contribution in [3.63, 3.8) is 0 Å². The summed E-state index contributed by atoms with van der Waals surface area (Å²) < 4.78 is 2.64. The molecule has 0 saturated heterocycles. The van der Waals surface area contributed by atoms with Crippen LogP contribution in [0, 0.1) is 0 Å². The Balaban J connectivity index is 1.53. The molecule has 0 spiro atoms. The molecule has 0 radical (unpaired) electrons. The second-order valence-electron chi connectivity index (χ2n) is 5.28. The summed E-state index contributed by atoms with van der Waals surface area (Å²) in [5.41, 5.74) is 3.13. The molecule has 0 aliphatic carbocycles. The monoisotopic (exact) mass is 381 g/mol. The minimum Gasteiger partial charge on any atom is -0.322 e. The van der Waals surface area contributed by atoms with Gasteiger partial charge in [0.25, 0.3) is 5.91 Å². The molecule has 2 aromatic carbocycles. The minimum absolute atomic E-state index is 0.161. The van der Waals surface area contributed by atoms with Gasteiger partial charge in [-0.25, -0.2) is 4.68 Å². The second kappa shape index (κ2) is 5.93. The Bertz CT molecular complexity index is 1020. The molecule has 0 fully saturated rings. The van der Waals surface area contributed by atoms with E-state index in [4.69, 9.17) is 0 Å². The van der Waals surface area contributed by atoms with E-state index in [0.717, 1.165) is 26.8 Å². The Morgan fingerprint density at radius 2 is 1.96 bits per heavy atom. The number of carbonyl (C=O) groups excluding carboxylic acids is 1. The van der Waals surface area contributed by atoms with Gasteiger partial charge in [-0.2, -0.15) is 10.2 Å². The fourth-order valence-corrected chi connectivity index (χ4v) is 2.72.